The van der Waals surface area contributed by atoms with Crippen LogP contribution in [0.15, 0.2) is 18.3 Å². The van der Waals surface area contributed by atoms with Gasteiger partial charge in [0.2, 0.25) is 0 Å². The lowest BCUT2D eigenvalue weighted by Gasteiger charge is -2.16. The molecule has 0 unspecified atom stereocenters. The van der Waals surface area contributed by atoms with Crippen molar-refractivity contribution in [2.24, 2.45) is 5.73 Å². The number of nitrogens with two attached hydrogens (primary N) is 1. The number of halogens is 1. The summed E-state index contributed by atoms with van der Waals surface area (Å²) < 4.78 is 0. The summed E-state index contributed by atoms with van der Waals surface area (Å²) in [4.78, 5) is 6.57. The number of nitrogens with zero attached hydrogens (tertiary/aromatic N) is 2. The third kappa shape index (κ3) is 2.36. The summed E-state index contributed by atoms with van der Waals surface area (Å²) in [6.45, 7) is 4.06. The number of aryl methyl sites for hydroxylation is 1. The largest absolute Gasteiger partial charge is 0.355 e. The second kappa shape index (κ2) is 4.62. The van der Waals surface area contributed by atoms with Crippen LogP contribution in [0.3, 0.4) is 0 Å². The van der Waals surface area contributed by atoms with Gasteiger partial charge in [-0.1, -0.05) is 0 Å². The van der Waals surface area contributed by atoms with Crippen LogP contribution >= 0.6 is 12.4 Å². The molecule has 1 aliphatic rings. The average Bonchev–Trinajstić information content (AvgIpc) is 2.52. The SMILES string of the molecule is Cc1ccnc(N2CC[C@@H](N)C2)c1.Cl. The molecule has 0 radical (unpaired) electrons. The van der Waals surface area contributed by atoms with Crippen molar-refractivity contribution in [3.63, 3.8) is 0 Å². The van der Waals surface area contributed by atoms with E-state index in [0.29, 0.717) is 6.04 Å². The van der Waals surface area contributed by atoms with Crippen molar-refractivity contribution in [2.45, 2.75) is 19.4 Å². The van der Waals surface area contributed by atoms with Crippen molar-refractivity contribution in [3.8, 4) is 0 Å². The lowest BCUT2D eigenvalue weighted by atomic mass is 10.3. The molecule has 0 aromatic carbocycles. The molecule has 1 aliphatic heterocycles. The van der Waals surface area contributed by atoms with Crippen LogP contribution in [0.5, 0.6) is 0 Å². The van der Waals surface area contributed by atoms with E-state index in [2.05, 4.69) is 22.9 Å². The van der Waals surface area contributed by atoms with E-state index in [4.69, 9.17) is 5.73 Å². The molecule has 0 spiro atoms. The molecule has 0 saturated carbocycles. The maximum Gasteiger partial charge on any atom is 0.128 e. The highest BCUT2D eigenvalue weighted by atomic mass is 35.5. The van der Waals surface area contributed by atoms with Crippen molar-refractivity contribution in [2.75, 3.05) is 18.0 Å². The molecule has 1 aromatic rings. The second-order valence-corrected chi connectivity index (χ2v) is 3.69. The van der Waals surface area contributed by atoms with E-state index < -0.39 is 0 Å². The van der Waals surface area contributed by atoms with Crippen LogP contribution in [-0.4, -0.2) is 24.1 Å². The Kier molecular flexibility index (Phi) is 3.72. The van der Waals surface area contributed by atoms with E-state index >= 15 is 0 Å². The highest BCUT2D eigenvalue weighted by molar-refractivity contribution is 5.85. The first-order chi connectivity index (χ1) is 6.25. The third-order valence-electron chi connectivity index (χ3n) is 2.45. The van der Waals surface area contributed by atoms with Crippen molar-refractivity contribution < 1.29 is 0 Å². The van der Waals surface area contributed by atoms with Gasteiger partial charge in [-0.25, -0.2) is 4.98 Å². The Bertz CT molecular complexity index is 303. The minimum Gasteiger partial charge on any atom is -0.355 e. The first-order valence-corrected chi connectivity index (χ1v) is 4.69. The number of anilines is 1. The minimum absolute atomic E-state index is 0. The van der Waals surface area contributed by atoms with Gasteiger partial charge in [0, 0.05) is 25.3 Å². The maximum atomic E-state index is 5.83. The number of rotatable bonds is 1. The van der Waals surface area contributed by atoms with E-state index in [-0.39, 0.29) is 12.4 Å². The lowest BCUT2D eigenvalue weighted by Crippen LogP contribution is -2.26. The molecule has 1 aromatic heterocycles. The van der Waals surface area contributed by atoms with Crippen LogP contribution in [0.25, 0.3) is 0 Å². The van der Waals surface area contributed by atoms with E-state index in [1.165, 1.54) is 5.56 Å². The Balaban J connectivity index is 0.000000980. The van der Waals surface area contributed by atoms with E-state index in [0.717, 1.165) is 25.3 Å². The van der Waals surface area contributed by atoms with Crippen LogP contribution in [0.1, 0.15) is 12.0 Å². The van der Waals surface area contributed by atoms with Gasteiger partial charge in [0.05, 0.1) is 0 Å². The first-order valence-electron chi connectivity index (χ1n) is 4.69. The Morgan fingerprint density at radius 2 is 2.36 bits per heavy atom. The molecule has 78 valence electrons. The molecule has 2 heterocycles. The van der Waals surface area contributed by atoms with Gasteiger partial charge in [0.25, 0.3) is 0 Å². The van der Waals surface area contributed by atoms with Crippen molar-refractivity contribution in [1.29, 1.82) is 0 Å². The highest BCUT2D eigenvalue weighted by Gasteiger charge is 2.19. The van der Waals surface area contributed by atoms with Gasteiger partial charge in [-0.15, -0.1) is 12.4 Å². The molecule has 0 bridgehead atoms. The fraction of sp³-hybridized carbons (Fsp3) is 0.500. The van der Waals surface area contributed by atoms with Crippen molar-refractivity contribution >= 4 is 18.2 Å². The standard InChI is InChI=1S/C10H15N3.ClH/c1-8-2-4-12-10(6-8)13-5-3-9(11)7-13;/h2,4,6,9H,3,5,7,11H2,1H3;1H/t9-;/m1./s1. The Morgan fingerprint density at radius 1 is 1.57 bits per heavy atom. The topological polar surface area (TPSA) is 42.2 Å². The normalized spacial score (nSPS) is 20.7. The number of pyridine rings is 1. The molecular weight excluding hydrogens is 198 g/mol. The summed E-state index contributed by atoms with van der Waals surface area (Å²) in [7, 11) is 0. The molecule has 2 rings (SSSR count). The summed E-state index contributed by atoms with van der Waals surface area (Å²) in [5.74, 6) is 1.06. The smallest absolute Gasteiger partial charge is 0.128 e. The Hall–Kier alpha value is -0.800. The number of aromatic nitrogens is 1. The quantitative estimate of drug-likeness (QED) is 0.766. The zero-order chi connectivity index (χ0) is 9.26. The van der Waals surface area contributed by atoms with Crippen LogP contribution in [-0.2, 0) is 0 Å². The van der Waals surface area contributed by atoms with E-state index in [1.54, 1.807) is 0 Å². The molecule has 2 N–H and O–H groups in total. The summed E-state index contributed by atoms with van der Waals surface area (Å²) in [6.07, 6.45) is 2.93. The van der Waals surface area contributed by atoms with E-state index in [1.807, 2.05) is 12.3 Å². The highest BCUT2D eigenvalue weighted by Crippen LogP contribution is 2.17. The monoisotopic (exact) mass is 213 g/mol. The van der Waals surface area contributed by atoms with Crippen molar-refractivity contribution in [1.82, 2.24) is 4.98 Å². The van der Waals surface area contributed by atoms with Crippen LogP contribution < -0.4 is 10.6 Å². The molecule has 1 saturated heterocycles. The molecule has 1 fully saturated rings. The summed E-state index contributed by atoms with van der Waals surface area (Å²) >= 11 is 0. The van der Waals surface area contributed by atoms with Gasteiger partial charge >= 0.3 is 0 Å². The summed E-state index contributed by atoms with van der Waals surface area (Å²) in [6, 6.07) is 4.44. The fourth-order valence-electron chi connectivity index (χ4n) is 1.69. The predicted molar refractivity (Wildman–Crippen MR) is 61.0 cm³/mol. The maximum absolute atomic E-state index is 5.83. The molecule has 0 aliphatic carbocycles. The zero-order valence-corrected chi connectivity index (χ0v) is 9.13. The molecule has 4 heteroatoms. The predicted octanol–water partition coefficient (Wildman–Crippen LogP) is 1.35. The van der Waals surface area contributed by atoms with E-state index in [9.17, 15) is 0 Å². The van der Waals surface area contributed by atoms with Crippen LogP contribution in [0.4, 0.5) is 5.82 Å². The Morgan fingerprint density at radius 3 is 2.93 bits per heavy atom. The molecule has 3 nitrogen and oxygen atoms in total. The van der Waals surface area contributed by atoms with Gasteiger partial charge in [-0.05, 0) is 31.0 Å². The van der Waals surface area contributed by atoms with Crippen LogP contribution in [0.2, 0.25) is 0 Å². The van der Waals surface area contributed by atoms with Gasteiger partial charge in [-0.3, -0.25) is 0 Å². The lowest BCUT2D eigenvalue weighted by molar-refractivity contribution is 0.751. The van der Waals surface area contributed by atoms with Crippen LogP contribution in [0, 0.1) is 6.92 Å². The molecule has 0 amide bonds. The molecule has 1 atom stereocenters. The average molecular weight is 214 g/mol. The number of hydrogen-bond donors (Lipinski definition) is 1. The molecule has 14 heavy (non-hydrogen) atoms. The van der Waals surface area contributed by atoms with Gasteiger partial charge in [0.15, 0.2) is 0 Å². The zero-order valence-electron chi connectivity index (χ0n) is 8.31. The van der Waals surface area contributed by atoms with Gasteiger partial charge in [0.1, 0.15) is 5.82 Å². The Labute approximate surface area is 90.7 Å². The minimum atomic E-state index is 0. The molecular formula is C10H16ClN3. The fourth-order valence-corrected chi connectivity index (χ4v) is 1.69. The second-order valence-electron chi connectivity index (χ2n) is 3.69. The van der Waals surface area contributed by atoms with Crippen molar-refractivity contribution in [3.05, 3.63) is 23.9 Å². The van der Waals surface area contributed by atoms with Gasteiger partial charge < -0.3 is 10.6 Å². The third-order valence-corrected chi connectivity index (χ3v) is 2.45. The summed E-state index contributed by atoms with van der Waals surface area (Å²) in [5, 5.41) is 0. The van der Waals surface area contributed by atoms with Gasteiger partial charge in [-0.2, -0.15) is 0 Å². The first kappa shape index (κ1) is 11.3. The number of hydrogen-bond acceptors (Lipinski definition) is 3. The summed E-state index contributed by atoms with van der Waals surface area (Å²) in [5.41, 5.74) is 7.09.